The molecule has 1 aromatic carbocycles. The van der Waals surface area contributed by atoms with Gasteiger partial charge in [0, 0.05) is 33.2 Å². The molecule has 2 heterocycles. The van der Waals surface area contributed by atoms with Gasteiger partial charge in [-0.25, -0.2) is 13.2 Å². The number of sulfonamides is 1. The Morgan fingerprint density at radius 3 is 2.12 bits per heavy atom. The Labute approximate surface area is 249 Å². The maximum atomic E-state index is 13.2. The molecule has 13 nitrogen and oxygen atoms in total. The van der Waals surface area contributed by atoms with E-state index < -0.39 is 22.2 Å². The summed E-state index contributed by atoms with van der Waals surface area (Å²) in [5, 5.41) is 10.9. The Bertz CT molecular complexity index is 1320. The number of amides is 1. The van der Waals surface area contributed by atoms with E-state index in [-0.39, 0.29) is 29.1 Å². The maximum Gasteiger partial charge on any atom is 0.490 e. The van der Waals surface area contributed by atoms with Gasteiger partial charge in [-0.05, 0) is 77.1 Å². The first-order valence-electron chi connectivity index (χ1n) is 13.4. The van der Waals surface area contributed by atoms with E-state index in [0.29, 0.717) is 30.0 Å². The van der Waals surface area contributed by atoms with Crippen LogP contribution in [0.1, 0.15) is 40.5 Å². The van der Waals surface area contributed by atoms with Gasteiger partial charge in [0.2, 0.25) is 15.9 Å². The molecule has 0 spiro atoms. The highest BCUT2D eigenvalue weighted by Gasteiger charge is 2.38. The van der Waals surface area contributed by atoms with Crippen LogP contribution in [0.25, 0.3) is 0 Å². The van der Waals surface area contributed by atoms with Crippen molar-refractivity contribution in [3.8, 4) is 5.75 Å². The Balaban J connectivity index is 0.000000821. The van der Waals surface area contributed by atoms with Gasteiger partial charge in [0.15, 0.2) is 0 Å². The lowest BCUT2D eigenvalue weighted by Gasteiger charge is -2.34. The summed E-state index contributed by atoms with van der Waals surface area (Å²) < 4.78 is 69.8. The molecule has 0 unspecified atom stereocenters. The van der Waals surface area contributed by atoms with Crippen LogP contribution < -0.4 is 4.74 Å². The number of hydrogen-bond donors (Lipinski definition) is 1. The summed E-state index contributed by atoms with van der Waals surface area (Å²) >= 11 is 0. The summed E-state index contributed by atoms with van der Waals surface area (Å²) in [4.78, 5) is 32.4. The standard InChI is InChI=1S/C24H38N6O5S.C2HF3O2/c1-18-15-20(34-6)16-19(2)22(18)36(32,33)28(5)17-21-25-23(26-35-21)24(31)30-13-11-29(12-14-30)10-8-7-9-27(3)4;3-2(4,5)1(6)7/h15-16H,7-14,17H2,1-6H3;(H,6,7). The first kappa shape index (κ1) is 35.9. The molecular formula is C26H39F3N6O7S. The topological polar surface area (TPSA) is 150 Å². The number of carboxylic acid groups (broad SMARTS) is 1. The number of hydrogen-bond acceptors (Lipinski definition) is 10. The molecule has 1 aliphatic heterocycles. The lowest BCUT2D eigenvalue weighted by atomic mass is 10.1. The van der Waals surface area contributed by atoms with Crippen LogP contribution >= 0.6 is 0 Å². The summed E-state index contributed by atoms with van der Waals surface area (Å²) in [5.74, 6) is -2.45. The molecule has 0 aliphatic carbocycles. The summed E-state index contributed by atoms with van der Waals surface area (Å²) in [6.45, 7) is 8.21. The van der Waals surface area contributed by atoms with Crippen LogP contribution in [0.15, 0.2) is 21.6 Å². The Kier molecular flexibility index (Phi) is 12.9. The van der Waals surface area contributed by atoms with Gasteiger partial charge in [-0.2, -0.15) is 22.5 Å². The number of aliphatic carboxylic acids is 1. The highest BCUT2D eigenvalue weighted by atomic mass is 32.2. The van der Waals surface area contributed by atoms with Crippen molar-refractivity contribution >= 4 is 21.9 Å². The molecule has 1 amide bonds. The first-order chi connectivity index (χ1) is 20.0. The monoisotopic (exact) mass is 636 g/mol. The Morgan fingerprint density at radius 2 is 1.63 bits per heavy atom. The fourth-order valence-electron chi connectivity index (χ4n) is 4.35. The van der Waals surface area contributed by atoms with Crippen LogP contribution in [0, 0.1) is 13.8 Å². The summed E-state index contributed by atoms with van der Waals surface area (Å²) in [5.41, 5.74) is 1.16. The van der Waals surface area contributed by atoms with Gasteiger partial charge in [-0.15, -0.1) is 0 Å². The number of rotatable bonds is 11. The average Bonchev–Trinajstić information content (AvgIpc) is 3.38. The number of carbonyl (C=O) groups is 2. The SMILES string of the molecule is COc1cc(C)c(S(=O)(=O)N(C)Cc2nc(C(=O)N3CCN(CCCCN(C)C)CC3)no2)c(C)c1.O=C(O)C(F)(F)F. The van der Waals surface area contributed by atoms with Crippen molar-refractivity contribution in [1.82, 2.24) is 29.1 Å². The van der Waals surface area contributed by atoms with Crippen LogP contribution in [-0.4, -0.2) is 128 Å². The van der Waals surface area contributed by atoms with Crippen LogP contribution in [-0.2, 0) is 21.4 Å². The van der Waals surface area contributed by atoms with Crippen molar-refractivity contribution in [3.05, 3.63) is 35.0 Å². The number of nitrogens with zero attached hydrogens (tertiary/aromatic N) is 6. The Morgan fingerprint density at radius 1 is 1.07 bits per heavy atom. The van der Waals surface area contributed by atoms with Crippen molar-refractivity contribution in [2.75, 3.05) is 67.5 Å². The van der Waals surface area contributed by atoms with Gasteiger partial charge in [-0.1, -0.05) is 5.16 Å². The number of halogens is 3. The van der Waals surface area contributed by atoms with Crippen molar-refractivity contribution in [3.63, 3.8) is 0 Å². The number of alkyl halides is 3. The van der Waals surface area contributed by atoms with E-state index in [1.165, 1.54) is 14.2 Å². The molecule has 1 aliphatic rings. The normalized spacial score (nSPS) is 14.5. The zero-order chi connectivity index (χ0) is 32.5. The number of benzene rings is 1. The fourth-order valence-corrected chi connectivity index (χ4v) is 5.88. The van der Waals surface area contributed by atoms with E-state index >= 15 is 0 Å². The lowest BCUT2D eigenvalue weighted by molar-refractivity contribution is -0.192. The highest BCUT2D eigenvalue weighted by molar-refractivity contribution is 7.89. The molecule has 3 rings (SSSR count). The van der Waals surface area contributed by atoms with Gasteiger partial charge < -0.3 is 24.2 Å². The van der Waals surface area contributed by atoms with E-state index in [9.17, 15) is 26.4 Å². The average molecular weight is 637 g/mol. The molecule has 1 N–H and O–H groups in total. The molecule has 1 fully saturated rings. The number of methoxy groups -OCH3 is 1. The van der Waals surface area contributed by atoms with Crippen LogP contribution in [0.4, 0.5) is 13.2 Å². The van der Waals surface area contributed by atoms with Crippen LogP contribution in [0.2, 0.25) is 0 Å². The van der Waals surface area contributed by atoms with Crippen molar-refractivity contribution < 1.29 is 45.5 Å². The molecule has 0 atom stereocenters. The van der Waals surface area contributed by atoms with E-state index in [1.807, 2.05) is 0 Å². The number of piperazine rings is 1. The number of aromatic nitrogens is 2. The van der Waals surface area contributed by atoms with Crippen molar-refractivity contribution in [2.45, 2.75) is 44.3 Å². The van der Waals surface area contributed by atoms with Crippen LogP contribution in [0.5, 0.6) is 5.75 Å². The second-order valence-corrected chi connectivity index (χ2v) is 12.3. The molecule has 1 aromatic heterocycles. The molecule has 17 heteroatoms. The second-order valence-electron chi connectivity index (χ2n) is 10.3. The molecule has 0 radical (unpaired) electrons. The van der Waals surface area contributed by atoms with Gasteiger partial charge in [0.25, 0.3) is 11.7 Å². The van der Waals surface area contributed by atoms with E-state index in [2.05, 4.69) is 34.0 Å². The minimum absolute atomic E-state index is 0.0490. The smallest absolute Gasteiger partial charge is 0.490 e. The molecular weight excluding hydrogens is 597 g/mol. The number of carbonyl (C=O) groups excluding carboxylic acids is 1. The molecule has 2 aromatic rings. The number of carboxylic acids is 1. The zero-order valence-electron chi connectivity index (χ0n) is 25.1. The number of unbranched alkanes of at least 4 members (excludes halogenated alkanes) is 1. The minimum Gasteiger partial charge on any atom is -0.497 e. The van der Waals surface area contributed by atoms with Crippen molar-refractivity contribution in [2.24, 2.45) is 0 Å². The predicted octanol–water partition coefficient (Wildman–Crippen LogP) is 2.25. The fraction of sp³-hybridized carbons (Fsp3) is 0.615. The molecule has 0 bridgehead atoms. The minimum atomic E-state index is -5.08. The molecule has 0 saturated carbocycles. The first-order valence-corrected chi connectivity index (χ1v) is 14.8. The van der Waals surface area contributed by atoms with E-state index in [4.69, 9.17) is 19.2 Å². The Hall–Kier alpha value is -3.28. The summed E-state index contributed by atoms with van der Waals surface area (Å²) in [7, 11) is 3.31. The van der Waals surface area contributed by atoms with Crippen molar-refractivity contribution in [1.29, 1.82) is 0 Å². The summed E-state index contributed by atoms with van der Waals surface area (Å²) in [6, 6.07) is 3.36. The second kappa shape index (κ2) is 15.4. The van der Waals surface area contributed by atoms with Gasteiger partial charge in [0.05, 0.1) is 18.6 Å². The largest absolute Gasteiger partial charge is 0.497 e. The van der Waals surface area contributed by atoms with Gasteiger partial charge in [0.1, 0.15) is 5.75 Å². The van der Waals surface area contributed by atoms with E-state index in [0.717, 1.165) is 43.3 Å². The van der Waals surface area contributed by atoms with Crippen LogP contribution in [0.3, 0.4) is 0 Å². The quantitative estimate of drug-likeness (QED) is 0.362. The number of ether oxygens (including phenoxy) is 1. The molecule has 1 saturated heterocycles. The zero-order valence-corrected chi connectivity index (χ0v) is 26.0. The maximum absolute atomic E-state index is 13.2. The van der Waals surface area contributed by atoms with Gasteiger partial charge in [-0.3, -0.25) is 9.69 Å². The number of aryl methyl sites for hydroxylation is 2. The highest BCUT2D eigenvalue weighted by Crippen LogP contribution is 2.28. The molecule has 242 valence electrons. The lowest BCUT2D eigenvalue weighted by Crippen LogP contribution is -2.49. The summed E-state index contributed by atoms with van der Waals surface area (Å²) in [6.07, 6.45) is -2.80. The predicted molar refractivity (Wildman–Crippen MR) is 149 cm³/mol. The third-order valence-corrected chi connectivity index (χ3v) is 8.70. The third-order valence-electron chi connectivity index (χ3n) is 6.59. The van der Waals surface area contributed by atoms with Gasteiger partial charge >= 0.3 is 12.1 Å². The third kappa shape index (κ3) is 10.4. The van der Waals surface area contributed by atoms with E-state index in [1.54, 1.807) is 30.9 Å². The molecule has 43 heavy (non-hydrogen) atoms.